The molecule has 0 aliphatic heterocycles. The zero-order valence-corrected chi connectivity index (χ0v) is 9.75. The van der Waals surface area contributed by atoms with Gasteiger partial charge in [-0.05, 0) is 28.1 Å². The number of rotatable bonds is 2. The molecule has 4 nitrogen and oxygen atoms in total. The Labute approximate surface area is 97.8 Å². The lowest BCUT2D eigenvalue weighted by atomic mass is 10.3. The van der Waals surface area contributed by atoms with Gasteiger partial charge in [0.25, 0.3) is 0 Å². The van der Waals surface area contributed by atoms with Gasteiger partial charge >= 0.3 is 5.97 Å². The maximum Gasteiger partial charge on any atom is 0.373 e. The molecule has 0 aliphatic carbocycles. The van der Waals surface area contributed by atoms with E-state index in [0.717, 1.165) is 9.35 Å². The molecule has 0 fully saturated rings. The van der Waals surface area contributed by atoms with Gasteiger partial charge in [0.1, 0.15) is 0 Å². The largest absolute Gasteiger partial charge is 0.475 e. The highest BCUT2D eigenvalue weighted by atomic mass is 79.9. The third-order valence-electron chi connectivity index (χ3n) is 1.67. The SMILES string of the molecule is O=C(O)c1nccc(-c2cc(Br)cs2)n1. The van der Waals surface area contributed by atoms with E-state index in [1.165, 1.54) is 17.5 Å². The molecule has 15 heavy (non-hydrogen) atoms. The van der Waals surface area contributed by atoms with E-state index in [1.807, 2.05) is 11.4 Å². The van der Waals surface area contributed by atoms with E-state index in [2.05, 4.69) is 25.9 Å². The number of carboxylic acid groups (broad SMARTS) is 1. The highest BCUT2D eigenvalue weighted by Crippen LogP contribution is 2.28. The Kier molecular flexibility index (Phi) is 2.79. The highest BCUT2D eigenvalue weighted by Gasteiger charge is 2.09. The highest BCUT2D eigenvalue weighted by molar-refractivity contribution is 9.10. The van der Waals surface area contributed by atoms with Gasteiger partial charge in [0.15, 0.2) is 0 Å². The third kappa shape index (κ3) is 2.21. The fourth-order valence-electron chi connectivity index (χ4n) is 1.05. The Morgan fingerprint density at radius 1 is 1.53 bits per heavy atom. The minimum absolute atomic E-state index is 0.183. The number of aromatic carboxylic acids is 1. The van der Waals surface area contributed by atoms with E-state index in [9.17, 15) is 4.79 Å². The van der Waals surface area contributed by atoms with Crippen molar-refractivity contribution in [3.63, 3.8) is 0 Å². The lowest BCUT2D eigenvalue weighted by Crippen LogP contribution is -2.03. The predicted molar refractivity (Wildman–Crippen MR) is 60.0 cm³/mol. The van der Waals surface area contributed by atoms with E-state index in [0.29, 0.717) is 5.69 Å². The van der Waals surface area contributed by atoms with Crippen LogP contribution in [0.25, 0.3) is 10.6 Å². The van der Waals surface area contributed by atoms with Crippen molar-refractivity contribution in [3.05, 3.63) is 34.0 Å². The fourth-order valence-corrected chi connectivity index (χ4v) is 2.44. The summed E-state index contributed by atoms with van der Waals surface area (Å²) in [6.07, 6.45) is 1.44. The third-order valence-corrected chi connectivity index (χ3v) is 3.38. The first-order chi connectivity index (χ1) is 7.16. The van der Waals surface area contributed by atoms with E-state index >= 15 is 0 Å². The van der Waals surface area contributed by atoms with E-state index < -0.39 is 5.97 Å². The minimum Gasteiger partial charge on any atom is -0.475 e. The van der Waals surface area contributed by atoms with Gasteiger partial charge in [-0.25, -0.2) is 14.8 Å². The lowest BCUT2D eigenvalue weighted by Gasteiger charge is -1.96. The lowest BCUT2D eigenvalue weighted by molar-refractivity contribution is 0.0683. The molecule has 0 spiro atoms. The molecular formula is C9H5BrN2O2S. The summed E-state index contributed by atoms with van der Waals surface area (Å²) < 4.78 is 0.956. The second-order valence-electron chi connectivity index (χ2n) is 2.70. The van der Waals surface area contributed by atoms with Crippen LogP contribution >= 0.6 is 27.3 Å². The molecule has 0 amide bonds. The van der Waals surface area contributed by atoms with Crippen LogP contribution in [0.1, 0.15) is 10.6 Å². The molecule has 0 radical (unpaired) electrons. The van der Waals surface area contributed by atoms with Crippen LogP contribution in [0.3, 0.4) is 0 Å². The number of carboxylic acids is 1. The van der Waals surface area contributed by atoms with Gasteiger partial charge in [-0.2, -0.15) is 0 Å². The zero-order chi connectivity index (χ0) is 10.8. The minimum atomic E-state index is -1.12. The first kappa shape index (κ1) is 10.3. The summed E-state index contributed by atoms with van der Waals surface area (Å²) in [6, 6.07) is 3.57. The molecule has 0 saturated heterocycles. The van der Waals surface area contributed by atoms with Gasteiger partial charge in [-0.15, -0.1) is 11.3 Å². The van der Waals surface area contributed by atoms with Gasteiger partial charge in [-0.3, -0.25) is 0 Å². The van der Waals surface area contributed by atoms with Crippen molar-refractivity contribution in [1.82, 2.24) is 9.97 Å². The Morgan fingerprint density at radius 2 is 2.33 bits per heavy atom. The van der Waals surface area contributed by atoms with Crippen molar-refractivity contribution in [3.8, 4) is 10.6 Å². The Balaban J connectivity index is 2.45. The number of halogens is 1. The molecule has 0 unspecified atom stereocenters. The Hall–Kier alpha value is -1.27. The molecule has 1 N–H and O–H groups in total. The average Bonchev–Trinajstić information content (AvgIpc) is 2.65. The summed E-state index contributed by atoms with van der Waals surface area (Å²) in [4.78, 5) is 19.2. The topological polar surface area (TPSA) is 63.1 Å². The molecule has 2 aromatic heterocycles. The molecule has 0 bridgehead atoms. The fraction of sp³-hybridized carbons (Fsp3) is 0. The monoisotopic (exact) mass is 284 g/mol. The van der Waals surface area contributed by atoms with E-state index in [1.54, 1.807) is 6.07 Å². The van der Waals surface area contributed by atoms with Crippen molar-refractivity contribution in [2.45, 2.75) is 0 Å². The summed E-state index contributed by atoms with van der Waals surface area (Å²) in [5.74, 6) is -1.30. The van der Waals surface area contributed by atoms with Crippen molar-refractivity contribution in [1.29, 1.82) is 0 Å². The van der Waals surface area contributed by atoms with Crippen LogP contribution in [0, 0.1) is 0 Å². The standard InChI is InChI=1S/C9H5BrN2O2S/c10-5-3-7(15-4-5)6-1-2-11-8(12-6)9(13)14/h1-4H,(H,13,14). The molecular weight excluding hydrogens is 280 g/mol. The van der Waals surface area contributed by atoms with Crippen molar-refractivity contribution in [2.75, 3.05) is 0 Å². The number of carbonyl (C=O) groups is 1. The van der Waals surface area contributed by atoms with Crippen LogP contribution in [-0.2, 0) is 0 Å². The van der Waals surface area contributed by atoms with Gasteiger partial charge < -0.3 is 5.11 Å². The quantitative estimate of drug-likeness (QED) is 0.921. The van der Waals surface area contributed by atoms with Crippen LogP contribution in [0.2, 0.25) is 0 Å². The molecule has 2 heterocycles. The molecule has 0 atom stereocenters. The summed E-state index contributed by atoms with van der Waals surface area (Å²) in [7, 11) is 0. The molecule has 76 valence electrons. The summed E-state index contributed by atoms with van der Waals surface area (Å²) >= 11 is 4.82. The smallest absolute Gasteiger partial charge is 0.373 e. The number of aromatic nitrogens is 2. The van der Waals surface area contributed by atoms with Crippen molar-refractivity contribution < 1.29 is 9.90 Å². The van der Waals surface area contributed by atoms with Crippen molar-refractivity contribution in [2.24, 2.45) is 0 Å². The van der Waals surface area contributed by atoms with Crippen LogP contribution < -0.4 is 0 Å². The summed E-state index contributed by atoms with van der Waals surface area (Å²) in [6.45, 7) is 0. The average molecular weight is 285 g/mol. The summed E-state index contributed by atoms with van der Waals surface area (Å²) in [5, 5.41) is 10.6. The van der Waals surface area contributed by atoms with E-state index in [-0.39, 0.29) is 5.82 Å². The number of nitrogens with zero attached hydrogens (tertiary/aromatic N) is 2. The molecule has 2 rings (SSSR count). The number of hydrogen-bond acceptors (Lipinski definition) is 4. The Bertz CT molecular complexity index is 512. The second-order valence-corrected chi connectivity index (χ2v) is 4.53. The normalized spacial score (nSPS) is 10.2. The Morgan fingerprint density at radius 3 is 2.93 bits per heavy atom. The molecule has 6 heteroatoms. The maximum absolute atomic E-state index is 10.7. The molecule has 0 aromatic carbocycles. The van der Waals surface area contributed by atoms with Crippen LogP contribution in [0.5, 0.6) is 0 Å². The molecule has 2 aromatic rings. The summed E-state index contributed by atoms with van der Waals surface area (Å²) in [5.41, 5.74) is 0.623. The predicted octanol–water partition coefficient (Wildman–Crippen LogP) is 2.67. The second kappa shape index (κ2) is 4.08. The van der Waals surface area contributed by atoms with Gasteiger partial charge in [0.05, 0.1) is 10.6 Å². The van der Waals surface area contributed by atoms with Crippen LogP contribution in [0.15, 0.2) is 28.2 Å². The molecule has 0 saturated carbocycles. The maximum atomic E-state index is 10.7. The van der Waals surface area contributed by atoms with Crippen molar-refractivity contribution >= 4 is 33.2 Å². The van der Waals surface area contributed by atoms with Gasteiger partial charge in [0, 0.05) is 16.0 Å². The molecule has 0 aliphatic rings. The first-order valence-electron chi connectivity index (χ1n) is 3.97. The number of hydrogen-bond donors (Lipinski definition) is 1. The number of thiophene rings is 1. The zero-order valence-electron chi connectivity index (χ0n) is 7.35. The van der Waals surface area contributed by atoms with E-state index in [4.69, 9.17) is 5.11 Å². The van der Waals surface area contributed by atoms with Gasteiger partial charge in [-0.1, -0.05) is 0 Å². The van der Waals surface area contributed by atoms with Gasteiger partial charge in [0.2, 0.25) is 5.82 Å². The first-order valence-corrected chi connectivity index (χ1v) is 5.65. The van der Waals surface area contributed by atoms with Crippen LogP contribution in [0.4, 0.5) is 0 Å². The van der Waals surface area contributed by atoms with Crippen LogP contribution in [-0.4, -0.2) is 21.0 Å².